The predicted octanol–water partition coefficient (Wildman–Crippen LogP) is 3.73. The van der Waals surface area contributed by atoms with Crippen molar-refractivity contribution in [3.05, 3.63) is 65.2 Å². The van der Waals surface area contributed by atoms with Crippen molar-refractivity contribution in [2.45, 2.75) is 38.1 Å². The van der Waals surface area contributed by atoms with Crippen molar-refractivity contribution in [2.75, 3.05) is 0 Å². The number of halogens is 1. The molecule has 0 aliphatic heterocycles. The second kappa shape index (κ2) is 5.87. The van der Waals surface area contributed by atoms with Crippen molar-refractivity contribution < 1.29 is 9.18 Å². The van der Waals surface area contributed by atoms with Gasteiger partial charge >= 0.3 is 0 Å². The fourth-order valence-corrected chi connectivity index (χ4v) is 3.12. The van der Waals surface area contributed by atoms with Crippen LogP contribution in [0, 0.1) is 12.7 Å². The molecule has 0 atom stereocenters. The molecule has 0 unspecified atom stereocenters. The highest BCUT2D eigenvalue weighted by Gasteiger charge is 2.37. The van der Waals surface area contributed by atoms with E-state index in [0.717, 1.165) is 36.9 Å². The van der Waals surface area contributed by atoms with E-state index in [1.165, 1.54) is 12.1 Å². The maximum atomic E-state index is 13.2. The van der Waals surface area contributed by atoms with Crippen LogP contribution in [0.1, 0.15) is 47.3 Å². The Labute approximate surface area is 129 Å². The molecule has 1 heterocycles. The Morgan fingerprint density at radius 2 is 1.82 bits per heavy atom. The minimum atomic E-state index is -0.393. The lowest BCUT2D eigenvalue weighted by molar-refractivity contribution is 0.0898. The largest absolute Gasteiger partial charge is 0.342 e. The summed E-state index contributed by atoms with van der Waals surface area (Å²) < 4.78 is 13.2. The SMILES string of the molecule is Cc1ccc(C(=O)NC2(c3ccc(F)cc3)CCCC2)cn1. The van der Waals surface area contributed by atoms with Gasteiger partial charge in [-0.15, -0.1) is 0 Å². The van der Waals surface area contributed by atoms with Crippen LogP contribution in [0.25, 0.3) is 0 Å². The van der Waals surface area contributed by atoms with E-state index in [2.05, 4.69) is 10.3 Å². The van der Waals surface area contributed by atoms with Gasteiger partial charge in [0.15, 0.2) is 0 Å². The number of nitrogens with one attached hydrogen (secondary N) is 1. The second-order valence-corrected chi connectivity index (χ2v) is 5.94. The van der Waals surface area contributed by atoms with Gasteiger partial charge in [-0.3, -0.25) is 9.78 Å². The number of nitrogens with zero attached hydrogens (tertiary/aromatic N) is 1. The zero-order valence-electron chi connectivity index (χ0n) is 12.6. The van der Waals surface area contributed by atoms with Crippen LogP contribution in [0.2, 0.25) is 0 Å². The number of aromatic nitrogens is 1. The van der Waals surface area contributed by atoms with E-state index >= 15 is 0 Å². The molecule has 3 rings (SSSR count). The van der Waals surface area contributed by atoms with Gasteiger partial charge in [-0.25, -0.2) is 4.39 Å². The van der Waals surface area contributed by atoms with E-state index in [-0.39, 0.29) is 11.7 Å². The molecule has 1 aliphatic rings. The molecular formula is C18H19FN2O. The molecule has 0 radical (unpaired) electrons. The lowest BCUT2D eigenvalue weighted by Crippen LogP contribution is -2.43. The van der Waals surface area contributed by atoms with E-state index in [1.807, 2.05) is 13.0 Å². The van der Waals surface area contributed by atoms with Gasteiger partial charge in [0.25, 0.3) is 5.91 Å². The van der Waals surface area contributed by atoms with Gasteiger partial charge < -0.3 is 5.32 Å². The van der Waals surface area contributed by atoms with Crippen LogP contribution < -0.4 is 5.32 Å². The van der Waals surface area contributed by atoms with E-state index < -0.39 is 5.54 Å². The Bertz CT molecular complexity index is 658. The average molecular weight is 298 g/mol. The van der Waals surface area contributed by atoms with E-state index in [1.54, 1.807) is 24.4 Å². The summed E-state index contributed by atoms with van der Waals surface area (Å²) in [5.41, 5.74) is 2.01. The standard InChI is InChI=1S/C18H19FN2O/c1-13-4-5-14(12-20-13)17(22)21-18(10-2-3-11-18)15-6-8-16(19)9-7-15/h4-9,12H,2-3,10-11H2,1H3,(H,21,22). The molecule has 0 bridgehead atoms. The molecule has 0 saturated heterocycles. The lowest BCUT2D eigenvalue weighted by Gasteiger charge is -2.31. The van der Waals surface area contributed by atoms with Gasteiger partial charge in [-0.05, 0) is 49.6 Å². The van der Waals surface area contributed by atoms with Crippen molar-refractivity contribution >= 4 is 5.91 Å². The first kappa shape index (κ1) is 14.7. The first-order valence-electron chi connectivity index (χ1n) is 7.60. The van der Waals surface area contributed by atoms with Crippen LogP contribution in [0.15, 0.2) is 42.6 Å². The quantitative estimate of drug-likeness (QED) is 0.938. The Balaban J connectivity index is 1.87. The fraction of sp³-hybridized carbons (Fsp3) is 0.333. The number of aryl methyl sites for hydroxylation is 1. The van der Waals surface area contributed by atoms with Crippen molar-refractivity contribution in [1.29, 1.82) is 0 Å². The van der Waals surface area contributed by atoms with E-state index in [4.69, 9.17) is 0 Å². The average Bonchev–Trinajstić information content (AvgIpc) is 2.98. The van der Waals surface area contributed by atoms with Gasteiger partial charge in [0.2, 0.25) is 0 Å². The summed E-state index contributed by atoms with van der Waals surface area (Å²) in [6.07, 6.45) is 5.47. The van der Waals surface area contributed by atoms with Crippen molar-refractivity contribution in [2.24, 2.45) is 0 Å². The van der Waals surface area contributed by atoms with Crippen LogP contribution in [-0.4, -0.2) is 10.9 Å². The van der Waals surface area contributed by atoms with Crippen LogP contribution in [0.4, 0.5) is 4.39 Å². The number of carbonyl (C=O) groups is 1. The molecule has 2 aromatic rings. The molecule has 1 aromatic carbocycles. The molecular weight excluding hydrogens is 279 g/mol. The highest BCUT2D eigenvalue weighted by Crippen LogP contribution is 2.39. The number of hydrogen-bond donors (Lipinski definition) is 1. The van der Waals surface area contributed by atoms with E-state index in [0.29, 0.717) is 5.56 Å². The summed E-state index contributed by atoms with van der Waals surface area (Å²) in [5.74, 6) is -0.385. The Hall–Kier alpha value is -2.23. The number of hydrogen-bond acceptors (Lipinski definition) is 2. The third-order valence-corrected chi connectivity index (χ3v) is 4.38. The molecule has 22 heavy (non-hydrogen) atoms. The minimum absolute atomic E-state index is 0.126. The van der Waals surface area contributed by atoms with Crippen LogP contribution in [0.3, 0.4) is 0 Å². The van der Waals surface area contributed by atoms with Gasteiger partial charge in [0.1, 0.15) is 5.82 Å². The zero-order chi connectivity index (χ0) is 15.6. The first-order chi connectivity index (χ1) is 10.6. The molecule has 1 amide bonds. The Kier molecular flexibility index (Phi) is 3.92. The Morgan fingerprint density at radius 1 is 1.14 bits per heavy atom. The third-order valence-electron chi connectivity index (χ3n) is 4.38. The third kappa shape index (κ3) is 2.86. The topological polar surface area (TPSA) is 42.0 Å². The van der Waals surface area contributed by atoms with Crippen molar-refractivity contribution in [1.82, 2.24) is 10.3 Å². The Morgan fingerprint density at radius 3 is 2.41 bits per heavy atom. The van der Waals surface area contributed by atoms with Crippen LogP contribution in [0.5, 0.6) is 0 Å². The molecule has 114 valence electrons. The van der Waals surface area contributed by atoms with Crippen LogP contribution >= 0.6 is 0 Å². The summed E-state index contributed by atoms with van der Waals surface area (Å²) in [7, 11) is 0. The van der Waals surface area contributed by atoms with Gasteiger partial charge in [-0.2, -0.15) is 0 Å². The first-order valence-corrected chi connectivity index (χ1v) is 7.60. The summed E-state index contributed by atoms with van der Waals surface area (Å²) in [6, 6.07) is 10.1. The lowest BCUT2D eigenvalue weighted by atomic mass is 9.87. The summed E-state index contributed by atoms with van der Waals surface area (Å²) in [4.78, 5) is 16.7. The summed E-state index contributed by atoms with van der Waals surface area (Å²) in [6.45, 7) is 1.89. The molecule has 0 spiro atoms. The van der Waals surface area contributed by atoms with Gasteiger partial charge in [-0.1, -0.05) is 25.0 Å². The fourth-order valence-electron chi connectivity index (χ4n) is 3.12. The smallest absolute Gasteiger partial charge is 0.253 e. The van der Waals surface area contributed by atoms with E-state index in [9.17, 15) is 9.18 Å². The van der Waals surface area contributed by atoms with Crippen LogP contribution in [-0.2, 0) is 5.54 Å². The number of rotatable bonds is 3. The molecule has 1 aromatic heterocycles. The van der Waals surface area contributed by atoms with Crippen molar-refractivity contribution in [3.63, 3.8) is 0 Å². The molecule has 1 saturated carbocycles. The monoisotopic (exact) mass is 298 g/mol. The molecule has 1 aliphatic carbocycles. The molecule has 4 heteroatoms. The predicted molar refractivity (Wildman–Crippen MR) is 83.0 cm³/mol. The van der Waals surface area contributed by atoms with Gasteiger partial charge in [0.05, 0.1) is 11.1 Å². The zero-order valence-corrected chi connectivity index (χ0v) is 12.6. The summed E-state index contributed by atoms with van der Waals surface area (Å²) >= 11 is 0. The molecule has 1 N–H and O–H groups in total. The minimum Gasteiger partial charge on any atom is -0.342 e. The number of amides is 1. The molecule has 1 fully saturated rings. The van der Waals surface area contributed by atoms with Crippen molar-refractivity contribution in [3.8, 4) is 0 Å². The highest BCUT2D eigenvalue weighted by molar-refractivity contribution is 5.94. The number of pyridine rings is 1. The van der Waals surface area contributed by atoms with Gasteiger partial charge in [0, 0.05) is 11.9 Å². The normalized spacial score (nSPS) is 16.5. The highest BCUT2D eigenvalue weighted by atomic mass is 19.1. The maximum Gasteiger partial charge on any atom is 0.253 e. The number of benzene rings is 1. The number of carbonyl (C=O) groups excluding carboxylic acids is 1. The second-order valence-electron chi connectivity index (χ2n) is 5.94. The maximum absolute atomic E-state index is 13.2. The summed E-state index contributed by atoms with van der Waals surface area (Å²) in [5, 5.41) is 3.16. The molecule has 3 nitrogen and oxygen atoms in total.